The maximum atomic E-state index is 13.3. The summed E-state index contributed by atoms with van der Waals surface area (Å²) in [5, 5.41) is 0.0331. The lowest BCUT2D eigenvalue weighted by atomic mass is 10.3. The lowest BCUT2D eigenvalue weighted by molar-refractivity contribution is 0.527. The van der Waals surface area contributed by atoms with Gasteiger partial charge in [-0.2, -0.15) is 0 Å². The van der Waals surface area contributed by atoms with Gasteiger partial charge in [0.05, 0.1) is 16.2 Å². The minimum Gasteiger partial charge on any atom is -0.468 e. The Morgan fingerprint density at radius 2 is 2.12 bits per heavy atom. The van der Waals surface area contributed by atoms with Gasteiger partial charge in [-0.15, -0.1) is 0 Å². The van der Waals surface area contributed by atoms with E-state index in [-0.39, 0.29) is 5.02 Å². The van der Waals surface area contributed by atoms with Crippen LogP contribution in [0.5, 0.6) is 0 Å². The van der Waals surface area contributed by atoms with Gasteiger partial charge in [-0.3, -0.25) is 0 Å². The SMILES string of the molecule is Cc1occc1Sc1cc(F)c(Cl)cc1N. The van der Waals surface area contributed by atoms with Crippen LogP contribution in [0.3, 0.4) is 0 Å². The van der Waals surface area contributed by atoms with Crippen LogP contribution in [0, 0.1) is 12.7 Å². The van der Waals surface area contributed by atoms with Crippen molar-refractivity contribution < 1.29 is 8.81 Å². The highest BCUT2D eigenvalue weighted by Crippen LogP contribution is 2.36. The molecule has 84 valence electrons. The zero-order valence-electron chi connectivity index (χ0n) is 8.46. The zero-order valence-corrected chi connectivity index (χ0v) is 10.0. The predicted octanol–water partition coefficient (Wildman–Crippen LogP) is 4.11. The molecule has 0 fully saturated rings. The molecule has 0 saturated carbocycles. The molecule has 0 spiro atoms. The molecule has 0 aliphatic carbocycles. The number of hydrogen-bond donors (Lipinski definition) is 1. The van der Waals surface area contributed by atoms with E-state index < -0.39 is 5.82 Å². The van der Waals surface area contributed by atoms with Gasteiger partial charge in [0.2, 0.25) is 0 Å². The molecule has 16 heavy (non-hydrogen) atoms. The quantitative estimate of drug-likeness (QED) is 0.823. The first kappa shape index (κ1) is 11.4. The van der Waals surface area contributed by atoms with E-state index >= 15 is 0 Å². The van der Waals surface area contributed by atoms with Crippen molar-refractivity contribution in [1.82, 2.24) is 0 Å². The molecule has 0 unspecified atom stereocenters. The van der Waals surface area contributed by atoms with Crippen LogP contribution in [0.1, 0.15) is 5.76 Å². The Morgan fingerprint density at radius 3 is 2.75 bits per heavy atom. The Kier molecular flexibility index (Phi) is 3.12. The van der Waals surface area contributed by atoms with Crippen LogP contribution >= 0.6 is 23.4 Å². The second-order valence-electron chi connectivity index (χ2n) is 3.25. The highest BCUT2D eigenvalue weighted by molar-refractivity contribution is 7.99. The van der Waals surface area contributed by atoms with Gasteiger partial charge in [0.25, 0.3) is 0 Å². The number of anilines is 1. The number of aryl methyl sites for hydroxylation is 1. The summed E-state index contributed by atoms with van der Waals surface area (Å²) in [4.78, 5) is 1.54. The van der Waals surface area contributed by atoms with Gasteiger partial charge < -0.3 is 10.2 Å². The Morgan fingerprint density at radius 1 is 1.38 bits per heavy atom. The fourth-order valence-corrected chi connectivity index (χ4v) is 2.29. The number of benzene rings is 1. The summed E-state index contributed by atoms with van der Waals surface area (Å²) in [7, 11) is 0. The number of nitrogens with two attached hydrogens (primary N) is 1. The predicted molar refractivity (Wildman–Crippen MR) is 63.4 cm³/mol. The normalized spacial score (nSPS) is 10.7. The van der Waals surface area contributed by atoms with Crippen molar-refractivity contribution in [2.45, 2.75) is 16.7 Å². The van der Waals surface area contributed by atoms with Crippen LogP contribution in [0.25, 0.3) is 0 Å². The summed E-state index contributed by atoms with van der Waals surface area (Å²) in [6, 6.07) is 4.55. The number of hydrogen-bond acceptors (Lipinski definition) is 3. The maximum absolute atomic E-state index is 13.3. The summed E-state index contributed by atoms with van der Waals surface area (Å²) < 4.78 is 18.4. The average Bonchev–Trinajstić information content (AvgIpc) is 2.61. The van der Waals surface area contributed by atoms with Gasteiger partial charge in [0.15, 0.2) is 0 Å². The molecule has 0 aliphatic rings. The van der Waals surface area contributed by atoms with Gasteiger partial charge in [-0.05, 0) is 25.1 Å². The van der Waals surface area contributed by atoms with Crippen LogP contribution in [0.4, 0.5) is 10.1 Å². The molecule has 2 rings (SSSR count). The first-order chi connectivity index (χ1) is 7.58. The molecule has 0 radical (unpaired) electrons. The average molecular weight is 258 g/mol. The van der Waals surface area contributed by atoms with Crippen LogP contribution in [-0.2, 0) is 0 Å². The van der Waals surface area contributed by atoms with Crippen molar-refractivity contribution in [2.75, 3.05) is 5.73 Å². The van der Waals surface area contributed by atoms with E-state index in [0.717, 1.165) is 10.7 Å². The number of nitrogen functional groups attached to an aromatic ring is 1. The van der Waals surface area contributed by atoms with E-state index in [1.165, 1.54) is 23.9 Å². The van der Waals surface area contributed by atoms with Crippen molar-refractivity contribution in [3.05, 3.63) is 41.1 Å². The van der Waals surface area contributed by atoms with Gasteiger partial charge in [-0.1, -0.05) is 23.4 Å². The van der Waals surface area contributed by atoms with Crippen LogP contribution < -0.4 is 5.73 Å². The van der Waals surface area contributed by atoms with Crippen molar-refractivity contribution in [2.24, 2.45) is 0 Å². The fraction of sp³-hybridized carbons (Fsp3) is 0.0909. The second kappa shape index (κ2) is 4.39. The van der Waals surface area contributed by atoms with Crippen molar-refractivity contribution in [1.29, 1.82) is 0 Å². The van der Waals surface area contributed by atoms with Crippen LogP contribution in [0.2, 0.25) is 5.02 Å². The first-order valence-electron chi connectivity index (χ1n) is 4.54. The third-order valence-electron chi connectivity index (χ3n) is 2.08. The molecule has 1 aromatic carbocycles. The van der Waals surface area contributed by atoms with E-state index in [1.54, 1.807) is 6.26 Å². The molecule has 1 aromatic heterocycles. The summed E-state index contributed by atoms with van der Waals surface area (Å²) in [5.74, 6) is 0.305. The van der Waals surface area contributed by atoms with Gasteiger partial charge in [0.1, 0.15) is 11.6 Å². The summed E-state index contributed by atoms with van der Waals surface area (Å²) in [5.41, 5.74) is 6.21. The van der Waals surface area contributed by atoms with Gasteiger partial charge >= 0.3 is 0 Å². The van der Waals surface area contributed by atoms with E-state index in [1.807, 2.05) is 13.0 Å². The molecule has 0 saturated heterocycles. The molecule has 0 aliphatic heterocycles. The number of furan rings is 1. The fourth-order valence-electron chi connectivity index (χ4n) is 1.23. The smallest absolute Gasteiger partial charge is 0.143 e. The van der Waals surface area contributed by atoms with Gasteiger partial charge in [-0.25, -0.2) is 4.39 Å². The van der Waals surface area contributed by atoms with Crippen molar-refractivity contribution >= 4 is 29.1 Å². The molecule has 0 atom stereocenters. The van der Waals surface area contributed by atoms with Crippen LogP contribution in [-0.4, -0.2) is 0 Å². The molecule has 5 heteroatoms. The molecular weight excluding hydrogens is 249 g/mol. The van der Waals surface area contributed by atoms with Crippen molar-refractivity contribution in [3.8, 4) is 0 Å². The monoisotopic (exact) mass is 257 g/mol. The molecule has 2 aromatic rings. The summed E-state index contributed by atoms with van der Waals surface area (Å²) in [6.45, 7) is 1.84. The molecule has 2 N–H and O–H groups in total. The maximum Gasteiger partial charge on any atom is 0.143 e. The highest BCUT2D eigenvalue weighted by Gasteiger charge is 2.10. The zero-order chi connectivity index (χ0) is 11.7. The second-order valence-corrected chi connectivity index (χ2v) is 4.74. The summed E-state index contributed by atoms with van der Waals surface area (Å²) >= 11 is 6.97. The van der Waals surface area contributed by atoms with Crippen molar-refractivity contribution in [3.63, 3.8) is 0 Å². The number of halogens is 2. The molecule has 1 heterocycles. The highest BCUT2D eigenvalue weighted by atomic mass is 35.5. The molecule has 0 bridgehead atoms. The number of rotatable bonds is 2. The van der Waals surface area contributed by atoms with Gasteiger partial charge in [0, 0.05) is 10.6 Å². The minimum absolute atomic E-state index is 0.0331. The molecule has 2 nitrogen and oxygen atoms in total. The van der Waals surface area contributed by atoms with E-state index in [0.29, 0.717) is 10.6 Å². The Bertz CT molecular complexity index is 527. The Labute approximate surface area is 102 Å². The van der Waals surface area contributed by atoms with E-state index in [4.69, 9.17) is 21.8 Å². The lowest BCUT2D eigenvalue weighted by Crippen LogP contribution is -1.90. The largest absolute Gasteiger partial charge is 0.468 e. The molecular formula is C11H9ClFNOS. The molecule has 0 amide bonds. The lowest BCUT2D eigenvalue weighted by Gasteiger charge is -2.05. The third kappa shape index (κ3) is 2.18. The standard InChI is InChI=1S/C11H9ClFNOS/c1-6-10(2-3-15-6)16-11-5-8(13)7(12)4-9(11)14/h2-5H,14H2,1H3. The minimum atomic E-state index is -0.473. The van der Waals surface area contributed by atoms with E-state index in [9.17, 15) is 4.39 Å². The van der Waals surface area contributed by atoms with Crippen LogP contribution in [0.15, 0.2) is 38.7 Å². The summed E-state index contributed by atoms with van der Waals surface area (Å²) in [6.07, 6.45) is 1.58. The van der Waals surface area contributed by atoms with E-state index in [2.05, 4.69) is 0 Å². The Balaban J connectivity index is 2.35. The topological polar surface area (TPSA) is 39.2 Å². The Hall–Kier alpha value is -1.13. The first-order valence-corrected chi connectivity index (χ1v) is 5.74. The third-order valence-corrected chi connectivity index (χ3v) is 3.59.